The zero-order valence-corrected chi connectivity index (χ0v) is 12.8. The minimum absolute atomic E-state index is 0.0537. The van der Waals surface area contributed by atoms with Crippen LogP contribution in [0.2, 0.25) is 0 Å². The molecule has 0 atom stereocenters. The van der Waals surface area contributed by atoms with Gasteiger partial charge in [-0.25, -0.2) is 14.3 Å². The number of nitrogens with zero attached hydrogens (tertiary/aromatic N) is 4. The van der Waals surface area contributed by atoms with E-state index in [9.17, 15) is 18.0 Å². The summed E-state index contributed by atoms with van der Waals surface area (Å²) in [6.45, 7) is 1.57. The largest absolute Gasteiger partial charge is 0.478 e. The average molecular weight is 348 g/mol. The van der Waals surface area contributed by atoms with Crippen LogP contribution in [0.4, 0.5) is 13.2 Å². The van der Waals surface area contributed by atoms with Crippen molar-refractivity contribution in [3.63, 3.8) is 0 Å². The van der Waals surface area contributed by atoms with Crippen molar-refractivity contribution >= 4 is 23.8 Å². The molecular formula is C16H11F3N4O2. The van der Waals surface area contributed by atoms with Crippen LogP contribution in [-0.4, -0.2) is 30.7 Å². The number of alkyl halides is 3. The lowest BCUT2D eigenvalue weighted by Gasteiger charge is -2.07. The Bertz CT molecular complexity index is 993. The van der Waals surface area contributed by atoms with E-state index in [0.717, 1.165) is 16.8 Å². The van der Waals surface area contributed by atoms with Crippen molar-refractivity contribution in [1.29, 1.82) is 0 Å². The molecule has 3 rings (SSSR count). The second-order valence-electron chi connectivity index (χ2n) is 5.17. The highest BCUT2D eigenvalue weighted by molar-refractivity contribution is 5.88. The Hall–Kier alpha value is -3.23. The molecule has 0 unspecified atom stereocenters. The summed E-state index contributed by atoms with van der Waals surface area (Å²) in [7, 11) is 0. The fourth-order valence-corrected chi connectivity index (χ4v) is 2.32. The number of carboxylic acids is 1. The Morgan fingerprint density at radius 3 is 2.60 bits per heavy atom. The van der Waals surface area contributed by atoms with E-state index in [2.05, 4.69) is 15.1 Å². The molecule has 0 aliphatic rings. The van der Waals surface area contributed by atoms with Gasteiger partial charge in [-0.1, -0.05) is 0 Å². The van der Waals surface area contributed by atoms with Crippen molar-refractivity contribution in [3.05, 3.63) is 58.8 Å². The maximum atomic E-state index is 13.1. The summed E-state index contributed by atoms with van der Waals surface area (Å²) in [5.41, 5.74) is 0.294. The summed E-state index contributed by atoms with van der Waals surface area (Å²) in [6.07, 6.45) is 0.862. The predicted molar refractivity (Wildman–Crippen MR) is 82.9 cm³/mol. The second kappa shape index (κ2) is 6.00. The number of pyridine rings is 1. The lowest BCUT2D eigenvalue weighted by atomic mass is 10.2. The standard InChI is InChI=1S/C16H11F3N4O2/c1-9-12(3-2-11-8-10(15(24)25)4-6-20-11)14-21-7-5-13(16(17,18)19)23(14)22-9/h2-8H,1H3,(H,24,25)/b3-2+. The lowest BCUT2D eigenvalue weighted by molar-refractivity contribution is -0.142. The van der Waals surface area contributed by atoms with Crippen LogP contribution in [0.15, 0.2) is 30.6 Å². The summed E-state index contributed by atoms with van der Waals surface area (Å²) in [4.78, 5) is 18.9. The highest BCUT2D eigenvalue weighted by Gasteiger charge is 2.34. The Balaban J connectivity index is 2.07. The number of aromatic nitrogens is 4. The molecule has 0 fully saturated rings. The minimum atomic E-state index is -4.56. The first-order valence-electron chi connectivity index (χ1n) is 7.06. The highest BCUT2D eigenvalue weighted by Crippen LogP contribution is 2.30. The highest BCUT2D eigenvalue weighted by atomic mass is 19.4. The molecule has 0 spiro atoms. The zero-order valence-electron chi connectivity index (χ0n) is 12.8. The molecular weight excluding hydrogens is 337 g/mol. The molecule has 0 aliphatic heterocycles. The van der Waals surface area contributed by atoms with Crippen molar-refractivity contribution in [2.45, 2.75) is 13.1 Å². The molecule has 0 saturated carbocycles. The summed E-state index contributed by atoms with van der Waals surface area (Å²) < 4.78 is 39.9. The molecule has 9 heteroatoms. The minimum Gasteiger partial charge on any atom is -0.478 e. The predicted octanol–water partition coefficient (Wildman–Crippen LogP) is 3.32. The first-order valence-corrected chi connectivity index (χ1v) is 7.06. The zero-order chi connectivity index (χ0) is 18.2. The lowest BCUT2D eigenvalue weighted by Crippen LogP contribution is -2.12. The van der Waals surface area contributed by atoms with E-state index in [1.165, 1.54) is 30.5 Å². The van der Waals surface area contributed by atoms with Crippen LogP contribution >= 0.6 is 0 Å². The second-order valence-corrected chi connectivity index (χ2v) is 5.17. The first kappa shape index (κ1) is 16.6. The van der Waals surface area contributed by atoms with Crippen LogP contribution in [-0.2, 0) is 6.18 Å². The van der Waals surface area contributed by atoms with Crippen LogP contribution < -0.4 is 0 Å². The van der Waals surface area contributed by atoms with E-state index in [1.807, 2.05) is 0 Å². The third kappa shape index (κ3) is 3.21. The van der Waals surface area contributed by atoms with E-state index >= 15 is 0 Å². The van der Waals surface area contributed by atoms with Gasteiger partial charge < -0.3 is 5.11 Å². The van der Waals surface area contributed by atoms with Gasteiger partial charge in [0.1, 0.15) is 5.69 Å². The molecule has 1 N–H and O–H groups in total. The fourth-order valence-electron chi connectivity index (χ4n) is 2.32. The number of hydrogen-bond acceptors (Lipinski definition) is 4. The number of aryl methyl sites for hydroxylation is 1. The summed E-state index contributed by atoms with van der Waals surface area (Å²) in [5.74, 6) is -1.10. The third-order valence-electron chi connectivity index (χ3n) is 3.48. The molecule has 25 heavy (non-hydrogen) atoms. The smallest absolute Gasteiger partial charge is 0.433 e. The van der Waals surface area contributed by atoms with Gasteiger partial charge in [0.15, 0.2) is 5.65 Å². The van der Waals surface area contributed by atoms with Crippen LogP contribution in [0.3, 0.4) is 0 Å². The molecule has 0 aromatic carbocycles. The summed E-state index contributed by atoms with van der Waals surface area (Å²) in [6, 6.07) is 3.55. The van der Waals surface area contributed by atoms with Crippen LogP contribution in [0.25, 0.3) is 17.8 Å². The van der Waals surface area contributed by atoms with Gasteiger partial charge in [0, 0.05) is 18.0 Å². The van der Waals surface area contributed by atoms with E-state index in [4.69, 9.17) is 5.11 Å². The molecule has 128 valence electrons. The molecule has 0 bridgehead atoms. The number of rotatable bonds is 3. The van der Waals surface area contributed by atoms with Crippen LogP contribution in [0, 0.1) is 6.92 Å². The maximum absolute atomic E-state index is 13.1. The molecule has 3 aromatic rings. The SMILES string of the molecule is Cc1nn2c(C(F)(F)F)ccnc2c1/C=C/c1cc(C(=O)O)ccn1. The van der Waals surface area contributed by atoms with Gasteiger partial charge in [0.05, 0.1) is 17.0 Å². The van der Waals surface area contributed by atoms with Gasteiger partial charge in [-0.2, -0.15) is 18.3 Å². The number of halogens is 3. The molecule has 0 radical (unpaired) electrons. The maximum Gasteiger partial charge on any atom is 0.433 e. The van der Waals surface area contributed by atoms with Crippen molar-refractivity contribution in [1.82, 2.24) is 19.6 Å². The van der Waals surface area contributed by atoms with Crippen molar-refractivity contribution < 1.29 is 23.1 Å². The Morgan fingerprint density at radius 1 is 1.20 bits per heavy atom. The Kier molecular flexibility index (Phi) is 3.99. The molecule has 6 nitrogen and oxygen atoms in total. The number of fused-ring (bicyclic) bond motifs is 1. The van der Waals surface area contributed by atoms with Gasteiger partial charge in [-0.3, -0.25) is 4.98 Å². The van der Waals surface area contributed by atoms with Crippen molar-refractivity contribution in [3.8, 4) is 0 Å². The first-order chi connectivity index (χ1) is 11.8. The van der Waals surface area contributed by atoms with Gasteiger partial charge in [-0.15, -0.1) is 0 Å². The molecule has 0 aliphatic carbocycles. The van der Waals surface area contributed by atoms with E-state index in [-0.39, 0.29) is 11.2 Å². The summed E-state index contributed by atoms with van der Waals surface area (Å²) >= 11 is 0. The third-order valence-corrected chi connectivity index (χ3v) is 3.48. The van der Waals surface area contributed by atoms with E-state index < -0.39 is 17.8 Å². The van der Waals surface area contributed by atoms with Crippen LogP contribution in [0.5, 0.6) is 0 Å². The quantitative estimate of drug-likeness (QED) is 0.785. The molecule has 3 heterocycles. The molecule has 0 amide bonds. The normalized spacial score (nSPS) is 12.2. The van der Waals surface area contributed by atoms with E-state index in [1.54, 1.807) is 6.92 Å². The van der Waals surface area contributed by atoms with Gasteiger partial charge in [0.2, 0.25) is 0 Å². The number of hydrogen-bond donors (Lipinski definition) is 1. The average Bonchev–Trinajstić information content (AvgIpc) is 2.87. The Morgan fingerprint density at radius 2 is 1.92 bits per heavy atom. The number of carbonyl (C=O) groups is 1. The van der Waals surface area contributed by atoms with E-state index in [0.29, 0.717) is 17.0 Å². The van der Waals surface area contributed by atoms with Crippen molar-refractivity contribution in [2.24, 2.45) is 0 Å². The Labute approximate surface area is 139 Å². The van der Waals surface area contributed by atoms with Crippen molar-refractivity contribution in [2.75, 3.05) is 0 Å². The van der Waals surface area contributed by atoms with Gasteiger partial charge in [0.25, 0.3) is 0 Å². The van der Waals surface area contributed by atoms with Gasteiger partial charge >= 0.3 is 12.1 Å². The molecule has 3 aromatic heterocycles. The number of aromatic carboxylic acids is 1. The monoisotopic (exact) mass is 348 g/mol. The number of carboxylic acid groups (broad SMARTS) is 1. The van der Waals surface area contributed by atoms with Crippen LogP contribution in [0.1, 0.15) is 33.0 Å². The fraction of sp³-hybridized carbons (Fsp3) is 0.125. The topological polar surface area (TPSA) is 80.4 Å². The molecule has 0 saturated heterocycles. The van der Waals surface area contributed by atoms with Gasteiger partial charge in [-0.05, 0) is 37.3 Å². The summed E-state index contributed by atoms with van der Waals surface area (Å²) in [5, 5.41) is 12.9.